The molecular weight excluding hydrogens is 395 g/mol. The van der Waals surface area contributed by atoms with Crippen molar-refractivity contribution in [1.82, 2.24) is 0 Å². The van der Waals surface area contributed by atoms with E-state index < -0.39 is 0 Å². The van der Waals surface area contributed by atoms with Gasteiger partial charge in [-0.1, -0.05) is 37.3 Å². The maximum atomic E-state index is 2.46. The normalized spacial score (nSPS) is 12.3. The number of aryl methyl sites for hydroxylation is 3. The number of rotatable bonds is 3. The van der Waals surface area contributed by atoms with E-state index in [1.54, 1.807) is 16.7 Å². The molecule has 0 aromatic heterocycles. The molecule has 0 heterocycles. The Balaban J connectivity index is 0.00000108. The molecule has 104 valence electrons. The van der Waals surface area contributed by atoms with Crippen molar-refractivity contribution >= 4 is 10.8 Å². The zero-order valence-corrected chi connectivity index (χ0v) is 16.1. The number of hydrogen-bond acceptors (Lipinski definition) is 0. The first kappa shape index (κ1) is 18.7. The van der Waals surface area contributed by atoms with E-state index in [0.29, 0.717) is 0 Å². The first-order valence-corrected chi connectivity index (χ1v) is 6.58. The van der Waals surface area contributed by atoms with Gasteiger partial charge in [0.2, 0.25) is 0 Å². The summed E-state index contributed by atoms with van der Waals surface area (Å²) in [7, 11) is 0. The summed E-state index contributed by atoms with van der Waals surface area (Å²) in [4.78, 5) is 0. The average molecular weight is 420 g/mol. The molecule has 0 fully saturated rings. The van der Waals surface area contributed by atoms with Crippen LogP contribution >= 0.6 is 0 Å². The fraction of sp³-hybridized carbons (Fsp3) is 0.389. The third-order valence-electron chi connectivity index (χ3n) is 3.87. The topological polar surface area (TPSA) is 0 Å². The molecule has 0 radical (unpaired) electrons. The van der Waals surface area contributed by atoms with E-state index in [-0.39, 0.29) is 40.7 Å². The Morgan fingerprint density at radius 2 is 1.79 bits per heavy atom. The van der Waals surface area contributed by atoms with E-state index in [0.717, 1.165) is 0 Å². The molecular formula is C18H25Hf-3. The smallest absolute Gasteiger partial charge is 0 e. The van der Waals surface area contributed by atoms with Gasteiger partial charge >= 0.3 is 0 Å². The molecule has 19 heavy (non-hydrogen) atoms. The molecule has 0 atom stereocenters. The molecule has 2 aromatic rings. The number of hydrogen-bond donors (Lipinski definition) is 0. The number of fused-ring (bicyclic) bond motifs is 2. The van der Waals surface area contributed by atoms with E-state index in [4.69, 9.17) is 0 Å². The monoisotopic (exact) mass is 421 g/mol. The van der Waals surface area contributed by atoms with Crippen molar-refractivity contribution in [3.8, 4) is 0 Å². The SMILES string of the molecule is CCCC[c-]1ccc2cc3c(cc21)CCC3.[CH3-].[CH3-].[Hf]. The minimum atomic E-state index is 0. The van der Waals surface area contributed by atoms with Gasteiger partial charge in [0.05, 0.1) is 0 Å². The van der Waals surface area contributed by atoms with E-state index in [1.165, 1.54) is 49.3 Å². The van der Waals surface area contributed by atoms with Crippen LogP contribution in [0.15, 0.2) is 24.3 Å². The molecule has 0 amide bonds. The molecule has 0 N–H and O–H groups in total. The molecule has 0 saturated carbocycles. The predicted molar refractivity (Wildman–Crippen MR) is 83.0 cm³/mol. The van der Waals surface area contributed by atoms with Crippen molar-refractivity contribution in [2.45, 2.75) is 45.4 Å². The second kappa shape index (κ2) is 8.09. The first-order chi connectivity index (χ1) is 7.88. The summed E-state index contributed by atoms with van der Waals surface area (Å²) in [6.07, 6.45) is 7.79. The van der Waals surface area contributed by atoms with Crippen LogP contribution in [0.5, 0.6) is 0 Å². The van der Waals surface area contributed by atoms with Crippen LogP contribution in [-0.2, 0) is 45.1 Å². The number of unbranched alkanes of at least 4 members (excludes halogenated alkanes) is 1. The molecule has 0 aliphatic heterocycles. The zero-order valence-electron chi connectivity index (χ0n) is 12.6. The summed E-state index contributed by atoms with van der Waals surface area (Å²) < 4.78 is 0. The van der Waals surface area contributed by atoms with Gasteiger partial charge in [0.1, 0.15) is 0 Å². The molecule has 0 saturated heterocycles. The molecule has 1 aliphatic carbocycles. The van der Waals surface area contributed by atoms with E-state index in [1.807, 2.05) is 0 Å². The summed E-state index contributed by atoms with van der Waals surface area (Å²) in [6.45, 7) is 2.27. The molecule has 0 spiro atoms. The van der Waals surface area contributed by atoms with Crippen molar-refractivity contribution in [2.75, 3.05) is 0 Å². The number of benzene rings is 1. The van der Waals surface area contributed by atoms with Gasteiger partial charge in [0.25, 0.3) is 0 Å². The van der Waals surface area contributed by atoms with Crippen LogP contribution < -0.4 is 0 Å². The molecule has 0 bridgehead atoms. The third kappa shape index (κ3) is 3.62. The molecule has 1 aliphatic rings. The largest absolute Gasteiger partial charge is 0.358 e. The average Bonchev–Trinajstić information content (AvgIpc) is 2.89. The molecule has 3 rings (SSSR count). The Labute approximate surface area is 137 Å². The van der Waals surface area contributed by atoms with E-state index in [9.17, 15) is 0 Å². The maximum Gasteiger partial charge on any atom is 0 e. The molecule has 0 nitrogen and oxygen atoms in total. The molecule has 1 heteroatoms. The van der Waals surface area contributed by atoms with Crippen molar-refractivity contribution in [3.05, 3.63) is 55.8 Å². The summed E-state index contributed by atoms with van der Waals surface area (Å²) in [5.74, 6) is 0. The Morgan fingerprint density at radius 3 is 2.47 bits per heavy atom. The van der Waals surface area contributed by atoms with Crippen molar-refractivity contribution in [1.29, 1.82) is 0 Å². The zero-order chi connectivity index (χ0) is 11.0. The van der Waals surface area contributed by atoms with Gasteiger partial charge < -0.3 is 14.9 Å². The third-order valence-corrected chi connectivity index (χ3v) is 3.87. The maximum absolute atomic E-state index is 2.46. The second-order valence-corrected chi connectivity index (χ2v) is 5.02. The van der Waals surface area contributed by atoms with Gasteiger partial charge in [-0.3, -0.25) is 0 Å². The minimum Gasteiger partial charge on any atom is -0.358 e. The van der Waals surface area contributed by atoms with Gasteiger partial charge in [-0.25, -0.2) is 0 Å². The fourth-order valence-electron chi connectivity index (χ4n) is 2.92. The fourth-order valence-corrected chi connectivity index (χ4v) is 2.92. The van der Waals surface area contributed by atoms with Gasteiger partial charge in [-0.05, 0) is 19.3 Å². The first-order valence-electron chi connectivity index (χ1n) is 6.58. The summed E-state index contributed by atoms with van der Waals surface area (Å²) in [5.41, 5.74) is 4.77. The van der Waals surface area contributed by atoms with Crippen molar-refractivity contribution in [3.63, 3.8) is 0 Å². The van der Waals surface area contributed by atoms with E-state index >= 15 is 0 Å². The Morgan fingerprint density at radius 1 is 1.11 bits per heavy atom. The van der Waals surface area contributed by atoms with Gasteiger partial charge in [-0.15, -0.1) is 34.5 Å². The van der Waals surface area contributed by atoms with Crippen LogP contribution in [0, 0.1) is 14.9 Å². The molecule has 2 aromatic carbocycles. The Kier molecular flexibility index (Phi) is 7.96. The van der Waals surface area contributed by atoms with E-state index in [2.05, 4.69) is 31.2 Å². The van der Waals surface area contributed by atoms with Crippen LogP contribution in [0.25, 0.3) is 10.8 Å². The van der Waals surface area contributed by atoms with Crippen LogP contribution in [-0.4, -0.2) is 0 Å². The van der Waals surface area contributed by atoms with Crippen molar-refractivity contribution < 1.29 is 25.8 Å². The minimum absolute atomic E-state index is 0. The van der Waals surface area contributed by atoms with Gasteiger partial charge in [0.15, 0.2) is 0 Å². The van der Waals surface area contributed by atoms with Gasteiger partial charge in [0, 0.05) is 25.8 Å². The van der Waals surface area contributed by atoms with Crippen LogP contribution in [0.1, 0.15) is 42.9 Å². The molecule has 0 unspecified atom stereocenters. The Bertz CT molecular complexity index is 508. The summed E-state index contributed by atoms with van der Waals surface area (Å²) in [6, 6.07) is 9.52. The summed E-state index contributed by atoms with van der Waals surface area (Å²) >= 11 is 0. The van der Waals surface area contributed by atoms with Crippen LogP contribution in [0.4, 0.5) is 0 Å². The quantitative estimate of drug-likeness (QED) is 0.468. The summed E-state index contributed by atoms with van der Waals surface area (Å²) in [5, 5.41) is 2.99. The standard InChI is InChI=1S/C16H19.2CH3.Hf/c1-2-3-5-12-8-9-15-10-13-6-4-7-14(13)11-16(12)15;;;/h8-11H,2-7H2,1H3;2*1H3;/q3*-1;. The van der Waals surface area contributed by atoms with Crippen LogP contribution in [0.2, 0.25) is 0 Å². The Hall–Kier alpha value is -0.300. The predicted octanol–water partition coefficient (Wildman–Crippen LogP) is 5.29. The van der Waals surface area contributed by atoms with Crippen molar-refractivity contribution in [2.24, 2.45) is 0 Å². The van der Waals surface area contributed by atoms with Crippen LogP contribution in [0.3, 0.4) is 0 Å². The second-order valence-electron chi connectivity index (χ2n) is 5.02. The van der Waals surface area contributed by atoms with Gasteiger partial charge in [-0.2, -0.15) is 6.07 Å².